The average molecular weight is 289 g/mol. The van der Waals surface area contributed by atoms with Crippen molar-refractivity contribution in [1.82, 2.24) is 5.43 Å². The summed E-state index contributed by atoms with van der Waals surface area (Å²) >= 11 is 11.9. The fourth-order valence-electron chi connectivity index (χ4n) is 1.20. The summed E-state index contributed by atoms with van der Waals surface area (Å²) in [7, 11) is 1.46. The summed E-state index contributed by atoms with van der Waals surface area (Å²) in [4.78, 5) is 11.7. The van der Waals surface area contributed by atoms with Crippen molar-refractivity contribution in [2.24, 2.45) is 11.0 Å². The lowest BCUT2D eigenvalue weighted by Crippen LogP contribution is -2.18. The Hall–Kier alpha value is -1.26. The average Bonchev–Trinajstić information content (AvgIpc) is 2.27. The minimum Gasteiger partial charge on any atom is -0.494 e. The highest BCUT2D eigenvalue weighted by molar-refractivity contribution is 6.37. The molecule has 0 atom stereocenters. The van der Waals surface area contributed by atoms with Crippen LogP contribution in [-0.2, 0) is 0 Å². The second-order valence-electron chi connectivity index (χ2n) is 3.94. The molecular weight excluding hydrogens is 275 g/mol. The molecule has 0 aromatic heterocycles. The van der Waals surface area contributed by atoms with Crippen molar-refractivity contribution in [2.75, 3.05) is 7.11 Å². The van der Waals surface area contributed by atoms with Gasteiger partial charge in [0, 0.05) is 11.8 Å². The Morgan fingerprint density at radius 2 is 1.94 bits per heavy atom. The quantitative estimate of drug-likeness (QED) is 0.682. The van der Waals surface area contributed by atoms with E-state index in [0.29, 0.717) is 11.3 Å². The number of amides is 1. The summed E-state index contributed by atoms with van der Waals surface area (Å²) in [6, 6.07) is 2.96. The molecule has 1 aromatic rings. The summed E-state index contributed by atoms with van der Waals surface area (Å²) in [6.07, 6.45) is 1.63. The van der Waals surface area contributed by atoms with E-state index in [1.807, 2.05) is 13.8 Å². The van der Waals surface area contributed by atoms with E-state index in [9.17, 15) is 4.79 Å². The third kappa shape index (κ3) is 3.89. The lowest BCUT2D eigenvalue weighted by molar-refractivity contribution is 0.0955. The SMILES string of the molecule is COc1c(Cl)cc(C(=O)N/N=C/C(C)C)cc1Cl. The second-order valence-corrected chi connectivity index (χ2v) is 4.75. The molecule has 18 heavy (non-hydrogen) atoms. The molecule has 0 saturated carbocycles. The maximum absolute atomic E-state index is 11.7. The predicted octanol–water partition coefficient (Wildman–Crippen LogP) is 3.37. The number of nitrogens with one attached hydrogen (secondary N) is 1. The largest absolute Gasteiger partial charge is 0.494 e. The van der Waals surface area contributed by atoms with Gasteiger partial charge in [0.2, 0.25) is 0 Å². The van der Waals surface area contributed by atoms with Crippen LogP contribution in [0.3, 0.4) is 0 Å². The Morgan fingerprint density at radius 1 is 1.39 bits per heavy atom. The number of ether oxygens (including phenoxy) is 1. The number of carbonyl (C=O) groups excluding carboxylic acids is 1. The predicted molar refractivity (Wildman–Crippen MR) is 73.8 cm³/mol. The van der Waals surface area contributed by atoms with Crippen LogP contribution in [-0.4, -0.2) is 19.2 Å². The molecule has 0 spiro atoms. The molecule has 0 heterocycles. The van der Waals surface area contributed by atoms with E-state index < -0.39 is 0 Å². The Morgan fingerprint density at radius 3 is 2.39 bits per heavy atom. The van der Waals surface area contributed by atoms with E-state index in [1.54, 1.807) is 6.21 Å². The van der Waals surface area contributed by atoms with E-state index in [4.69, 9.17) is 27.9 Å². The molecule has 4 nitrogen and oxygen atoms in total. The molecule has 0 aliphatic rings. The Bertz CT molecular complexity index is 450. The highest BCUT2D eigenvalue weighted by Gasteiger charge is 2.12. The van der Waals surface area contributed by atoms with Gasteiger partial charge in [0.1, 0.15) is 0 Å². The van der Waals surface area contributed by atoms with Gasteiger partial charge in [0.15, 0.2) is 5.75 Å². The van der Waals surface area contributed by atoms with Crippen molar-refractivity contribution in [2.45, 2.75) is 13.8 Å². The van der Waals surface area contributed by atoms with E-state index in [2.05, 4.69) is 10.5 Å². The zero-order valence-electron chi connectivity index (χ0n) is 10.3. The number of rotatable bonds is 4. The molecule has 6 heteroatoms. The molecule has 0 fully saturated rings. The van der Waals surface area contributed by atoms with Gasteiger partial charge in [-0.3, -0.25) is 4.79 Å². The number of methoxy groups -OCH3 is 1. The lowest BCUT2D eigenvalue weighted by Gasteiger charge is -2.07. The van der Waals surface area contributed by atoms with Crippen LogP contribution in [0.1, 0.15) is 24.2 Å². The fourth-order valence-corrected chi connectivity index (χ4v) is 1.84. The number of carbonyl (C=O) groups is 1. The van der Waals surface area contributed by atoms with Crippen molar-refractivity contribution in [3.63, 3.8) is 0 Å². The van der Waals surface area contributed by atoms with Crippen LogP contribution in [0.25, 0.3) is 0 Å². The summed E-state index contributed by atoms with van der Waals surface area (Å²) in [5.41, 5.74) is 2.72. The first-order valence-corrected chi connectivity index (χ1v) is 6.07. The van der Waals surface area contributed by atoms with Gasteiger partial charge in [-0.1, -0.05) is 37.0 Å². The minimum atomic E-state index is -0.377. The molecular formula is C12H14Cl2N2O2. The van der Waals surface area contributed by atoms with Crippen molar-refractivity contribution in [3.05, 3.63) is 27.7 Å². The molecule has 1 amide bonds. The minimum absolute atomic E-state index is 0.258. The van der Waals surface area contributed by atoms with Crippen molar-refractivity contribution in [3.8, 4) is 5.75 Å². The van der Waals surface area contributed by atoms with Gasteiger partial charge in [0.05, 0.1) is 17.2 Å². The number of hydrogen-bond donors (Lipinski definition) is 1. The van der Waals surface area contributed by atoms with E-state index in [1.165, 1.54) is 19.2 Å². The molecule has 1 aromatic carbocycles. The van der Waals surface area contributed by atoms with Gasteiger partial charge in [0.25, 0.3) is 5.91 Å². The van der Waals surface area contributed by atoms with Crippen molar-refractivity contribution in [1.29, 1.82) is 0 Å². The van der Waals surface area contributed by atoms with Crippen LogP contribution in [0.15, 0.2) is 17.2 Å². The van der Waals surface area contributed by atoms with Gasteiger partial charge < -0.3 is 4.74 Å². The lowest BCUT2D eigenvalue weighted by atomic mass is 10.2. The second kappa shape index (κ2) is 6.61. The van der Waals surface area contributed by atoms with Crippen LogP contribution < -0.4 is 10.2 Å². The van der Waals surface area contributed by atoms with Crippen molar-refractivity contribution < 1.29 is 9.53 Å². The first-order valence-electron chi connectivity index (χ1n) is 5.32. The zero-order valence-corrected chi connectivity index (χ0v) is 11.8. The van der Waals surface area contributed by atoms with Gasteiger partial charge in [-0.15, -0.1) is 0 Å². The van der Waals surface area contributed by atoms with Gasteiger partial charge in [-0.05, 0) is 18.1 Å². The van der Waals surface area contributed by atoms with Gasteiger partial charge in [-0.25, -0.2) is 5.43 Å². The monoisotopic (exact) mass is 288 g/mol. The molecule has 0 aliphatic carbocycles. The first-order chi connectivity index (χ1) is 8.45. The maximum atomic E-state index is 11.7. The van der Waals surface area contributed by atoms with Gasteiger partial charge in [-0.2, -0.15) is 5.10 Å². The number of halogens is 2. The zero-order chi connectivity index (χ0) is 13.7. The standard InChI is InChI=1S/C12H14Cl2N2O2/c1-7(2)6-15-16-12(17)8-4-9(13)11(18-3)10(14)5-8/h4-7H,1-3H3,(H,16,17)/b15-6+. The summed E-state index contributed by atoms with van der Waals surface area (Å²) in [5, 5.41) is 4.37. The summed E-state index contributed by atoms with van der Waals surface area (Å²) in [6.45, 7) is 3.91. The summed E-state index contributed by atoms with van der Waals surface area (Å²) in [5.74, 6) is 0.229. The molecule has 0 radical (unpaired) electrons. The first kappa shape index (κ1) is 14.8. The van der Waals surface area contributed by atoms with Crippen LogP contribution >= 0.6 is 23.2 Å². The topological polar surface area (TPSA) is 50.7 Å². The molecule has 0 unspecified atom stereocenters. The van der Waals surface area contributed by atoms with E-state index >= 15 is 0 Å². The normalized spacial score (nSPS) is 11.0. The Kier molecular flexibility index (Phi) is 5.44. The number of nitrogens with zero attached hydrogens (tertiary/aromatic N) is 1. The number of hydrazone groups is 1. The van der Waals surface area contributed by atoms with Gasteiger partial charge >= 0.3 is 0 Å². The van der Waals surface area contributed by atoms with Crippen LogP contribution in [0.4, 0.5) is 0 Å². The van der Waals surface area contributed by atoms with E-state index in [-0.39, 0.29) is 21.9 Å². The molecule has 98 valence electrons. The fraction of sp³-hybridized carbons (Fsp3) is 0.333. The highest BCUT2D eigenvalue weighted by atomic mass is 35.5. The highest BCUT2D eigenvalue weighted by Crippen LogP contribution is 2.33. The Balaban J connectivity index is 2.87. The van der Waals surface area contributed by atoms with E-state index in [0.717, 1.165) is 0 Å². The maximum Gasteiger partial charge on any atom is 0.271 e. The van der Waals surface area contributed by atoms with Crippen LogP contribution in [0, 0.1) is 5.92 Å². The van der Waals surface area contributed by atoms with Crippen LogP contribution in [0.5, 0.6) is 5.75 Å². The molecule has 1 N–H and O–H groups in total. The smallest absolute Gasteiger partial charge is 0.271 e. The van der Waals surface area contributed by atoms with Crippen LogP contribution in [0.2, 0.25) is 10.0 Å². The molecule has 0 aliphatic heterocycles. The molecule has 0 bridgehead atoms. The number of hydrogen-bond acceptors (Lipinski definition) is 3. The van der Waals surface area contributed by atoms with Crippen molar-refractivity contribution >= 4 is 35.3 Å². The Labute approximate surface area is 116 Å². The number of benzene rings is 1. The summed E-state index contributed by atoms with van der Waals surface area (Å²) < 4.78 is 5.00. The third-order valence-electron chi connectivity index (χ3n) is 2.00. The molecule has 1 rings (SSSR count). The third-order valence-corrected chi connectivity index (χ3v) is 2.56. The molecule has 0 saturated heterocycles.